The van der Waals surface area contributed by atoms with E-state index in [1.807, 2.05) is 20.8 Å². The first-order valence-corrected chi connectivity index (χ1v) is 6.54. The Bertz CT molecular complexity index is 305. The monoisotopic (exact) mass is 256 g/mol. The van der Waals surface area contributed by atoms with Crippen molar-refractivity contribution in [3.05, 3.63) is 0 Å². The van der Waals surface area contributed by atoms with Crippen LogP contribution in [-0.4, -0.2) is 49.1 Å². The molecule has 2 amide bonds. The van der Waals surface area contributed by atoms with Crippen molar-refractivity contribution < 1.29 is 14.3 Å². The number of amides is 2. The van der Waals surface area contributed by atoms with Gasteiger partial charge in [-0.05, 0) is 19.3 Å². The molecule has 1 rings (SSSR count). The number of hydrogen-bond donors (Lipinski definition) is 1. The van der Waals surface area contributed by atoms with Crippen LogP contribution in [0.5, 0.6) is 0 Å². The molecule has 1 aliphatic heterocycles. The van der Waals surface area contributed by atoms with Gasteiger partial charge < -0.3 is 15.0 Å². The summed E-state index contributed by atoms with van der Waals surface area (Å²) in [5.41, 5.74) is 0. The molecule has 1 N–H and O–H groups in total. The van der Waals surface area contributed by atoms with E-state index in [0.717, 1.165) is 0 Å². The number of methoxy groups -OCH3 is 1. The van der Waals surface area contributed by atoms with E-state index in [-0.39, 0.29) is 23.9 Å². The zero-order valence-electron chi connectivity index (χ0n) is 11.7. The predicted molar refractivity (Wildman–Crippen MR) is 69.1 cm³/mol. The van der Waals surface area contributed by atoms with Crippen molar-refractivity contribution in [1.29, 1.82) is 0 Å². The van der Waals surface area contributed by atoms with E-state index < -0.39 is 0 Å². The molecule has 2 unspecified atom stereocenters. The first-order valence-electron chi connectivity index (χ1n) is 6.54. The maximum atomic E-state index is 12.4. The molecule has 0 radical (unpaired) electrons. The second-order valence-corrected chi connectivity index (χ2v) is 5.33. The van der Waals surface area contributed by atoms with Crippen LogP contribution in [0.4, 0.5) is 0 Å². The van der Waals surface area contributed by atoms with E-state index in [2.05, 4.69) is 5.32 Å². The molecule has 0 aromatic carbocycles. The smallest absolute Gasteiger partial charge is 0.245 e. The SMILES string of the molecule is COCCN1C(=O)C(CC(C)C)NC(=O)CC1C. The summed E-state index contributed by atoms with van der Waals surface area (Å²) < 4.78 is 5.03. The Hall–Kier alpha value is -1.10. The summed E-state index contributed by atoms with van der Waals surface area (Å²) >= 11 is 0. The Morgan fingerprint density at radius 3 is 2.67 bits per heavy atom. The minimum atomic E-state index is -0.390. The van der Waals surface area contributed by atoms with Gasteiger partial charge in [-0.3, -0.25) is 9.59 Å². The van der Waals surface area contributed by atoms with Gasteiger partial charge in [0.05, 0.1) is 6.61 Å². The van der Waals surface area contributed by atoms with E-state index in [1.54, 1.807) is 12.0 Å². The van der Waals surface area contributed by atoms with Crippen molar-refractivity contribution in [2.75, 3.05) is 20.3 Å². The average Bonchev–Trinajstić information content (AvgIpc) is 2.35. The van der Waals surface area contributed by atoms with Gasteiger partial charge in [-0.15, -0.1) is 0 Å². The highest BCUT2D eigenvalue weighted by molar-refractivity contribution is 5.90. The molecule has 0 saturated carbocycles. The number of carbonyl (C=O) groups excluding carboxylic acids is 2. The minimum Gasteiger partial charge on any atom is -0.383 e. The van der Waals surface area contributed by atoms with Crippen molar-refractivity contribution >= 4 is 11.8 Å². The van der Waals surface area contributed by atoms with Crippen molar-refractivity contribution in [2.24, 2.45) is 5.92 Å². The summed E-state index contributed by atoms with van der Waals surface area (Å²) in [5, 5.41) is 2.83. The van der Waals surface area contributed by atoms with Crippen LogP contribution in [0, 0.1) is 5.92 Å². The summed E-state index contributed by atoms with van der Waals surface area (Å²) in [5.74, 6) is 0.345. The third-order valence-corrected chi connectivity index (χ3v) is 3.17. The van der Waals surface area contributed by atoms with Gasteiger partial charge in [0.2, 0.25) is 11.8 Å². The molecule has 0 aliphatic carbocycles. The highest BCUT2D eigenvalue weighted by atomic mass is 16.5. The average molecular weight is 256 g/mol. The number of carbonyl (C=O) groups is 2. The fourth-order valence-electron chi connectivity index (χ4n) is 2.26. The lowest BCUT2D eigenvalue weighted by molar-refractivity contribution is -0.135. The van der Waals surface area contributed by atoms with Gasteiger partial charge in [0.25, 0.3) is 0 Å². The number of nitrogens with one attached hydrogen (secondary N) is 1. The molecule has 5 nitrogen and oxygen atoms in total. The molecule has 5 heteroatoms. The topological polar surface area (TPSA) is 58.6 Å². The van der Waals surface area contributed by atoms with E-state index in [1.165, 1.54) is 0 Å². The Balaban J connectivity index is 2.80. The van der Waals surface area contributed by atoms with Crippen LogP contribution < -0.4 is 5.32 Å². The quantitative estimate of drug-likeness (QED) is 0.791. The summed E-state index contributed by atoms with van der Waals surface area (Å²) in [6.45, 7) is 7.05. The molecule has 1 saturated heterocycles. The van der Waals surface area contributed by atoms with Crippen LogP contribution in [0.25, 0.3) is 0 Å². The zero-order valence-corrected chi connectivity index (χ0v) is 11.7. The fourth-order valence-corrected chi connectivity index (χ4v) is 2.26. The summed E-state index contributed by atoms with van der Waals surface area (Å²) in [6, 6.07) is -0.455. The van der Waals surface area contributed by atoms with Crippen LogP contribution in [0.15, 0.2) is 0 Å². The number of hydrogen-bond acceptors (Lipinski definition) is 3. The Morgan fingerprint density at radius 2 is 2.11 bits per heavy atom. The first kappa shape index (κ1) is 15.0. The first-order chi connectivity index (χ1) is 8.45. The molecule has 18 heavy (non-hydrogen) atoms. The molecule has 0 bridgehead atoms. The Kier molecular flexibility index (Phi) is 5.59. The molecule has 1 aliphatic rings. The van der Waals surface area contributed by atoms with Crippen molar-refractivity contribution in [3.8, 4) is 0 Å². The largest absolute Gasteiger partial charge is 0.383 e. The van der Waals surface area contributed by atoms with Crippen LogP contribution in [0.2, 0.25) is 0 Å². The van der Waals surface area contributed by atoms with Crippen LogP contribution in [-0.2, 0) is 14.3 Å². The number of ether oxygens (including phenoxy) is 1. The Morgan fingerprint density at radius 1 is 1.44 bits per heavy atom. The van der Waals surface area contributed by atoms with E-state index >= 15 is 0 Å². The van der Waals surface area contributed by atoms with Crippen molar-refractivity contribution in [3.63, 3.8) is 0 Å². The zero-order chi connectivity index (χ0) is 13.7. The van der Waals surface area contributed by atoms with E-state index in [4.69, 9.17) is 4.74 Å². The summed E-state index contributed by atoms with van der Waals surface area (Å²) in [6.07, 6.45) is 1.05. The van der Waals surface area contributed by atoms with Crippen molar-refractivity contribution in [1.82, 2.24) is 10.2 Å². The van der Waals surface area contributed by atoms with Crippen LogP contribution >= 0.6 is 0 Å². The molecule has 0 aromatic rings. The van der Waals surface area contributed by atoms with Crippen LogP contribution in [0.3, 0.4) is 0 Å². The number of rotatable bonds is 5. The van der Waals surface area contributed by atoms with E-state index in [9.17, 15) is 9.59 Å². The fraction of sp³-hybridized carbons (Fsp3) is 0.846. The van der Waals surface area contributed by atoms with Gasteiger partial charge in [-0.25, -0.2) is 0 Å². The maximum absolute atomic E-state index is 12.4. The van der Waals surface area contributed by atoms with Gasteiger partial charge in [0.1, 0.15) is 6.04 Å². The van der Waals surface area contributed by atoms with Gasteiger partial charge in [-0.1, -0.05) is 13.8 Å². The molecule has 1 fully saturated rings. The van der Waals surface area contributed by atoms with Gasteiger partial charge in [0.15, 0.2) is 0 Å². The summed E-state index contributed by atoms with van der Waals surface area (Å²) in [4.78, 5) is 25.9. The molecule has 1 heterocycles. The van der Waals surface area contributed by atoms with Gasteiger partial charge >= 0.3 is 0 Å². The summed E-state index contributed by atoms with van der Waals surface area (Å²) in [7, 11) is 1.61. The lowest BCUT2D eigenvalue weighted by Gasteiger charge is -2.28. The standard InChI is InChI=1S/C13H24N2O3/c1-9(2)7-11-13(17)15(5-6-18-4)10(3)8-12(16)14-11/h9-11H,5-8H2,1-4H3,(H,14,16). The third kappa shape index (κ3) is 3.98. The second-order valence-electron chi connectivity index (χ2n) is 5.33. The molecular weight excluding hydrogens is 232 g/mol. The molecule has 2 atom stereocenters. The minimum absolute atomic E-state index is 0.0131. The molecule has 104 valence electrons. The normalized spacial score (nSPS) is 25.3. The number of nitrogens with zero attached hydrogens (tertiary/aromatic N) is 1. The molecular formula is C13H24N2O3. The lowest BCUT2D eigenvalue weighted by Crippen LogP contribution is -2.48. The predicted octanol–water partition coefficient (Wildman–Crippen LogP) is 0.784. The van der Waals surface area contributed by atoms with Gasteiger partial charge in [-0.2, -0.15) is 0 Å². The second kappa shape index (κ2) is 6.73. The molecule has 0 aromatic heterocycles. The molecule has 0 spiro atoms. The lowest BCUT2D eigenvalue weighted by atomic mass is 10.0. The maximum Gasteiger partial charge on any atom is 0.245 e. The Labute approximate surface area is 109 Å². The van der Waals surface area contributed by atoms with E-state index in [0.29, 0.717) is 31.9 Å². The third-order valence-electron chi connectivity index (χ3n) is 3.17. The van der Waals surface area contributed by atoms with Crippen molar-refractivity contribution in [2.45, 2.75) is 45.7 Å². The highest BCUT2D eigenvalue weighted by Crippen LogP contribution is 2.15. The van der Waals surface area contributed by atoms with Gasteiger partial charge in [0, 0.05) is 26.1 Å². The van der Waals surface area contributed by atoms with Crippen LogP contribution in [0.1, 0.15) is 33.6 Å². The highest BCUT2D eigenvalue weighted by Gasteiger charge is 2.33.